The van der Waals surface area contributed by atoms with Crippen molar-refractivity contribution in [2.24, 2.45) is 0 Å². The smallest absolute Gasteiger partial charge is 0.307 e. The summed E-state index contributed by atoms with van der Waals surface area (Å²) < 4.78 is 12.6. The minimum Gasteiger partial charge on any atom is -0.494 e. The lowest BCUT2D eigenvalue weighted by molar-refractivity contribution is -0.147. The molecule has 0 fully saturated rings. The van der Waals surface area contributed by atoms with E-state index in [0.717, 1.165) is 43.9 Å². The van der Waals surface area contributed by atoms with Crippen LogP contribution in [-0.4, -0.2) is 23.0 Å². The molecule has 0 atom stereocenters. The van der Waals surface area contributed by atoms with Gasteiger partial charge in [-0.2, -0.15) is 0 Å². The number of alkyl halides is 1. The zero-order chi connectivity index (χ0) is 22.3. The highest BCUT2D eigenvalue weighted by Crippen LogP contribution is 2.20. The van der Waals surface area contributed by atoms with E-state index in [2.05, 4.69) is 6.58 Å². The summed E-state index contributed by atoms with van der Waals surface area (Å²) in [7, 11) is 0. The zero-order valence-electron chi connectivity index (χ0n) is 18.3. The molecule has 170 valence electrons. The number of hydrogen-bond acceptors (Lipinski definition) is 4. The summed E-state index contributed by atoms with van der Waals surface area (Å²) in [6.45, 7) is 4.21. The molecule has 0 aliphatic heterocycles. The van der Waals surface area contributed by atoms with Crippen molar-refractivity contribution in [2.75, 3.05) is 12.5 Å². The first-order valence-electron chi connectivity index (χ1n) is 11.2. The van der Waals surface area contributed by atoms with Crippen LogP contribution in [0.2, 0.25) is 0 Å². The van der Waals surface area contributed by atoms with Crippen molar-refractivity contribution in [3.8, 4) is 5.75 Å². The Morgan fingerprint density at radius 1 is 1.00 bits per heavy atom. The molecule has 2 aromatic rings. The Bertz CT molecular complexity index is 877. The number of carbonyl (C=O) groups excluding carboxylic acids is 1. The van der Waals surface area contributed by atoms with Gasteiger partial charge >= 0.3 is 5.97 Å². The molecule has 0 saturated heterocycles. The third kappa shape index (κ3) is 9.18. The second-order valence-electron chi connectivity index (χ2n) is 7.66. The number of esters is 1. The minimum atomic E-state index is -0.274. The van der Waals surface area contributed by atoms with Crippen molar-refractivity contribution in [1.29, 1.82) is 0 Å². The number of ether oxygens (including phenoxy) is 2. The molecule has 0 aliphatic rings. The quantitative estimate of drug-likeness (QED) is 0.133. The van der Waals surface area contributed by atoms with Crippen LogP contribution >= 0.6 is 11.6 Å². The normalized spacial score (nSPS) is 10.9. The highest BCUT2D eigenvalue weighted by molar-refractivity contribution is 6.17. The van der Waals surface area contributed by atoms with Gasteiger partial charge in [-0.05, 0) is 55.7 Å². The van der Waals surface area contributed by atoms with Crippen molar-refractivity contribution in [2.45, 2.75) is 70.9 Å². The van der Waals surface area contributed by atoms with Crippen LogP contribution in [0.4, 0.5) is 0 Å². The van der Waals surface area contributed by atoms with E-state index in [4.69, 9.17) is 21.1 Å². The largest absolute Gasteiger partial charge is 0.494 e. The number of benzene rings is 1. The lowest BCUT2D eigenvalue weighted by Crippen LogP contribution is -2.22. The molecule has 0 radical (unpaired) electrons. The molecule has 0 unspecified atom stereocenters. The molecule has 6 heteroatoms. The lowest BCUT2D eigenvalue weighted by Gasteiger charge is -2.13. The average molecular weight is 448 g/mol. The maximum Gasteiger partial charge on any atom is 0.307 e. The van der Waals surface area contributed by atoms with E-state index < -0.39 is 0 Å². The van der Waals surface area contributed by atoms with E-state index in [1.165, 1.54) is 29.9 Å². The summed E-state index contributed by atoms with van der Waals surface area (Å²) in [4.78, 5) is 24.5. The van der Waals surface area contributed by atoms with Gasteiger partial charge < -0.3 is 9.47 Å². The van der Waals surface area contributed by atoms with E-state index in [9.17, 15) is 9.59 Å². The fourth-order valence-electron chi connectivity index (χ4n) is 3.35. The molecule has 0 saturated carbocycles. The fraction of sp³-hybridized carbons (Fsp3) is 0.520. The molecule has 5 nitrogen and oxygen atoms in total. The highest BCUT2D eigenvalue weighted by Gasteiger charge is 2.08. The molecule has 0 spiro atoms. The van der Waals surface area contributed by atoms with Gasteiger partial charge in [0.05, 0.1) is 12.1 Å². The van der Waals surface area contributed by atoms with Gasteiger partial charge in [0.25, 0.3) is 5.56 Å². The SMILES string of the molecule is C=CCCCCCCCCC(=O)OCn1c(=O)ccc2ccc(OCCCCCl)cc21. The van der Waals surface area contributed by atoms with E-state index in [0.29, 0.717) is 30.2 Å². The molecule has 0 bridgehead atoms. The van der Waals surface area contributed by atoms with Crippen LogP contribution in [0.1, 0.15) is 64.2 Å². The first-order chi connectivity index (χ1) is 15.2. The summed E-state index contributed by atoms with van der Waals surface area (Å²) >= 11 is 5.69. The predicted molar refractivity (Wildman–Crippen MR) is 127 cm³/mol. The summed E-state index contributed by atoms with van der Waals surface area (Å²) in [6, 6.07) is 8.85. The summed E-state index contributed by atoms with van der Waals surface area (Å²) in [5, 5.41) is 0.889. The van der Waals surface area contributed by atoms with Crippen molar-refractivity contribution in [3.05, 3.63) is 53.3 Å². The van der Waals surface area contributed by atoms with Gasteiger partial charge in [0.1, 0.15) is 5.75 Å². The molecule has 1 aromatic heterocycles. The van der Waals surface area contributed by atoms with Gasteiger partial charge in [-0.3, -0.25) is 14.2 Å². The number of halogens is 1. The van der Waals surface area contributed by atoms with Crippen molar-refractivity contribution in [3.63, 3.8) is 0 Å². The number of aromatic nitrogens is 1. The minimum absolute atomic E-state index is 0.0910. The van der Waals surface area contributed by atoms with Crippen LogP contribution in [0.25, 0.3) is 10.9 Å². The predicted octanol–water partition coefficient (Wildman–Crippen LogP) is 6.21. The van der Waals surface area contributed by atoms with Gasteiger partial charge in [-0.1, -0.05) is 31.8 Å². The van der Waals surface area contributed by atoms with E-state index in [1.54, 1.807) is 6.07 Å². The topological polar surface area (TPSA) is 57.5 Å². The first-order valence-corrected chi connectivity index (χ1v) is 11.8. The molecule has 1 heterocycles. The number of fused-ring (bicyclic) bond motifs is 1. The number of rotatable bonds is 16. The second kappa shape index (κ2) is 14.7. The van der Waals surface area contributed by atoms with Gasteiger partial charge in [0.15, 0.2) is 6.73 Å². The van der Waals surface area contributed by atoms with Crippen LogP contribution in [0, 0.1) is 0 Å². The van der Waals surface area contributed by atoms with Gasteiger partial charge in [0, 0.05) is 24.4 Å². The van der Waals surface area contributed by atoms with Crippen LogP contribution < -0.4 is 10.3 Å². The number of allylic oxidation sites excluding steroid dienone is 1. The Morgan fingerprint density at radius 3 is 2.52 bits per heavy atom. The van der Waals surface area contributed by atoms with Crippen LogP contribution in [0.5, 0.6) is 5.75 Å². The number of carbonyl (C=O) groups is 1. The second-order valence-corrected chi connectivity index (χ2v) is 8.04. The molecule has 0 N–H and O–H groups in total. The monoisotopic (exact) mass is 447 g/mol. The fourth-order valence-corrected chi connectivity index (χ4v) is 3.54. The molecule has 0 aliphatic carbocycles. The maximum absolute atomic E-state index is 12.4. The van der Waals surface area contributed by atoms with Gasteiger partial charge in [-0.15, -0.1) is 18.2 Å². The van der Waals surface area contributed by atoms with E-state index >= 15 is 0 Å². The third-order valence-corrected chi connectivity index (χ3v) is 5.42. The van der Waals surface area contributed by atoms with E-state index in [-0.39, 0.29) is 18.3 Å². The standard InChI is InChI=1S/C25H34ClNO4/c1-2-3-4-5-6-7-8-9-12-25(29)31-20-27-23-19-22(30-18-11-10-17-26)15-13-21(23)14-16-24(27)28/h2,13-16,19H,1,3-12,17-18,20H2. The Labute approximate surface area is 190 Å². The Morgan fingerprint density at radius 2 is 1.74 bits per heavy atom. The molecule has 31 heavy (non-hydrogen) atoms. The molecular weight excluding hydrogens is 414 g/mol. The molecule has 2 rings (SSSR count). The van der Waals surface area contributed by atoms with Crippen LogP contribution in [0.3, 0.4) is 0 Å². The Balaban J connectivity index is 1.84. The zero-order valence-corrected chi connectivity index (χ0v) is 19.1. The Hall–Kier alpha value is -2.27. The molecule has 1 aromatic carbocycles. The molecule has 0 amide bonds. The maximum atomic E-state index is 12.4. The average Bonchev–Trinajstić information content (AvgIpc) is 2.77. The summed E-state index contributed by atoms with van der Waals surface area (Å²) in [6.07, 6.45) is 11.7. The van der Waals surface area contributed by atoms with Crippen molar-refractivity contribution in [1.82, 2.24) is 4.57 Å². The number of pyridine rings is 1. The number of unbranched alkanes of at least 4 members (excludes halogenated alkanes) is 7. The third-order valence-electron chi connectivity index (χ3n) is 5.15. The summed E-state index contributed by atoms with van der Waals surface area (Å²) in [5.74, 6) is 1.02. The number of nitrogens with zero attached hydrogens (tertiary/aromatic N) is 1. The van der Waals surface area contributed by atoms with Crippen LogP contribution in [0.15, 0.2) is 47.8 Å². The van der Waals surface area contributed by atoms with Crippen LogP contribution in [-0.2, 0) is 16.3 Å². The number of hydrogen-bond donors (Lipinski definition) is 0. The van der Waals surface area contributed by atoms with Gasteiger partial charge in [0.2, 0.25) is 0 Å². The van der Waals surface area contributed by atoms with Crippen molar-refractivity contribution >= 4 is 28.5 Å². The first kappa shape index (κ1) is 25.0. The van der Waals surface area contributed by atoms with Crippen molar-refractivity contribution < 1.29 is 14.3 Å². The van der Waals surface area contributed by atoms with E-state index in [1.807, 2.05) is 24.3 Å². The summed E-state index contributed by atoms with van der Waals surface area (Å²) in [5.41, 5.74) is 0.480. The van der Waals surface area contributed by atoms with Gasteiger partial charge in [-0.25, -0.2) is 0 Å². The molecular formula is C25H34ClNO4. The highest BCUT2D eigenvalue weighted by atomic mass is 35.5. The Kier molecular flexibility index (Phi) is 11.8. The lowest BCUT2D eigenvalue weighted by atomic mass is 10.1.